The second-order valence-corrected chi connectivity index (χ2v) is 5.21. The molecule has 0 radical (unpaired) electrons. The standard InChI is InChI=1S/C9H7BrF2INO/c10-9(11,12)5-14-8(15)6-1-3-7(13)4-2-6/h1-4H,5H2,(H,14,15). The van der Waals surface area contributed by atoms with E-state index < -0.39 is 17.3 Å². The predicted octanol–water partition coefficient (Wildman–Crippen LogP) is 3.01. The summed E-state index contributed by atoms with van der Waals surface area (Å²) in [6, 6.07) is 6.65. The van der Waals surface area contributed by atoms with Crippen LogP contribution in [-0.4, -0.2) is 17.3 Å². The third-order valence-corrected chi connectivity index (χ3v) is 2.56. The summed E-state index contributed by atoms with van der Waals surface area (Å²) in [6.45, 7) is -0.724. The number of carbonyl (C=O) groups is 1. The fourth-order valence-corrected chi connectivity index (χ4v) is 1.38. The van der Waals surface area contributed by atoms with Crippen LogP contribution < -0.4 is 5.32 Å². The Morgan fingerprint density at radius 1 is 1.40 bits per heavy atom. The van der Waals surface area contributed by atoms with E-state index in [2.05, 4.69) is 43.8 Å². The molecule has 82 valence electrons. The van der Waals surface area contributed by atoms with Crippen molar-refractivity contribution in [1.82, 2.24) is 5.32 Å². The number of hydrogen-bond acceptors (Lipinski definition) is 1. The molecule has 0 bridgehead atoms. The number of nitrogens with one attached hydrogen (secondary N) is 1. The first kappa shape index (κ1) is 12.8. The van der Waals surface area contributed by atoms with E-state index in [1.54, 1.807) is 24.3 Å². The van der Waals surface area contributed by atoms with Crippen LogP contribution in [0.25, 0.3) is 0 Å². The number of alkyl halides is 3. The molecule has 0 aliphatic heterocycles. The van der Waals surface area contributed by atoms with Gasteiger partial charge < -0.3 is 5.32 Å². The molecular formula is C9H7BrF2INO. The fourth-order valence-electron chi connectivity index (χ4n) is 0.884. The lowest BCUT2D eigenvalue weighted by Gasteiger charge is -2.09. The molecule has 1 N–H and O–H groups in total. The molecule has 0 aliphatic rings. The van der Waals surface area contributed by atoms with Gasteiger partial charge in [-0.25, -0.2) is 0 Å². The highest BCUT2D eigenvalue weighted by atomic mass is 127. The van der Waals surface area contributed by atoms with Crippen LogP contribution in [0.2, 0.25) is 0 Å². The molecule has 0 aliphatic carbocycles. The van der Waals surface area contributed by atoms with Crippen LogP contribution in [0.4, 0.5) is 8.78 Å². The number of carbonyl (C=O) groups excluding carboxylic acids is 1. The van der Waals surface area contributed by atoms with E-state index in [9.17, 15) is 13.6 Å². The Morgan fingerprint density at radius 3 is 2.40 bits per heavy atom. The van der Waals surface area contributed by atoms with Crippen molar-refractivity contribution in [3.8, 4) is 0 Å². The highest BCUT2D eigenvalue weighted by Gasteiger charge is 2.24. The lowest BCUT2D eigenvalue weighted by molar-refractivity contribution is 0.0835. The summed E-state index contributed by atoms with van der Waals surface area (Å²) >= 11 is 4.24. The van der Waals surface area contributed by atoms with Crippen molar-refractivity contribution in [2.75, 3.05) is 6.54 Å². The number of hydrogen-bond donors (Lipinski definition) is 1. The molecule has 0 unspecified atom stereocenters. The summed E-state index contributed by atoms with van der Waals surface area (Å²) in [5, 5.41) is 2.12. The quantitative estimate of drug-likeness (QED) is 0.625. The van der Waals surface area contributed by atoms with Crippen molar-refractivity contribution >= 4 is 44.4 Å². The van der Waals surface area contributed by atoms with Crippen LogP contribution >= 0.6 is 38.5 Å². The summed E-state index contributed by atoms with van der Waals surface area (Å²) in [6.07, 6.45) is 0. The zero-order valence-electron chi connectivity index (χ0n) is 7.44. The van der Waals surface area contributed by atoms with Crippen LogP contribution in [-0.2, 0) is 0 Å². The van der Waals surface area contributed by atoms with E-state index in [0.29, 0.717) is 5.56 Å². The van der Waals surface area contributed by atoms with Crippen molar-refractivity contribution in [3.63, 3.8) is 0 Å². The molecule has 1 aromatic carbocycles. The summed E-state index contributed by atoms with van der Waals surface area (Å²) in [4.78, 5) is 8.27. The first-order valence-electron chi connectivity index (χ1n) is 3.99. The maximum atomic E-state index is 12.4. The van der Waals surface area contributed by atoms with E-state index >= 15 is 0 Å². The molecular weight excluding hydrogens is 383 g/mol. The first-order chi connectivity index (χ1) is 6.88. The van der Waals surface area contributed by atoms with Crippen LogP contribution in [0.3, 0.4) is 0 Å². The van der Waals surface area contributed by atoms with Crippen LogP contribution in [0.5, 0.6) is 0 Å². The van der Waals surface area contributed by atoms with E-state index in [4.69, 9.17) is 0 Å². The highest BCUT2D eigenvalue weighted by Crippen LogP contribution is 2.19. The SMILES string of the molecule is O=C(NCC(F)(F)Br)c1ccc(I)cc1. The molecule has 1 rings (SSSR count). The zero-order valence-corrected chi connectivity index (χ0v) is 11.2. The molecule has 0 atom stereocenters. The van der Waals surface area contributed by atoms with Gasteiger partial charge in [0.1, 0.15) is 0 Å². The Hall–Kier alpha value is -0.240. The number of benzene rings is 1. The first-order valence-corrected chi connectivity index (χ1v) is 5.86. The number of amides is 1. The molecule has 0 heterocycles. The van der Waals surface area contributed by atoms with Gasteiger partial charge in [0.2, 0.25) is 0 Å². The number of rotatable bonds is 3. The zero-order chi connectivity index (χ0) is 11.5. The average Bonchev–Trinajstić information content (AvgIpc) is 2.14. The molecule has 0 spiro atoms. The van der Waals surface area contributed by atoms with E-state index in [0.717, 1.165) is 3.57 Å². The molecule has 0 saturated carbocycles. The molecule has 0 saturated heterocycles. The topological polar surface area (TPSA) is 29.1 Å². The van der Waals surface area contributed by atoms with E-state index in [-0.39, 0.29) is 0 Å². The third kappa shape index (κ3) is 4.87. The summed E-state index contributed by atoms with van der Waals surface area (Å²) in [5.74, 6) is -0.509. The van der Waals surface area contributed by atoms with Gasteiger partial charge >= 0.3 is 4.83 Å². The molecule has 6 heteroatoms. The van der Waals surface area contributed by atoms with E-state index in [1.165, 1.54) is 0 Å². The summed E-state index contributed by atoms with van der Waals surface area (Å²) in [5.41, 5.74) is 0.368. The Kier molecular flexibility index (Phi) is 4.45. The minimum Gasteiger partial charge on any atom is -0.345 e. The van der Waals surface area contributed by atoms with Crippen molar-refractivity contribution < 1.29 is 13.6 Å². The van der Waals surface area contributed by atoms with Crippen LogP contribution in [0.1, 0.15) is 10.4 Å². The Morgan fingerprint density at radius 2 is 1.93 bits per heavy atom. The largest absolute Gasteiger partial charge is 0.345 e. The smallest absolute Gasteiger partial charge is 0.318 e. The maximum absolute atomic E-state index is 12.4. The molecule has 0 aromatic heterocycles. The summed E-state index contributed by atoms with van der Waals surface area (Å²) in [7, 11) is 0. The van der Waals surface area contributed by atoms with Crippen molar-refractivity contribution in [3.05, 3.63) is 33.4 Å². The van der Waals surface area contributed by atoms with Gasteiger partial charge in [0.05, 0.1) is 6.54 Å². The van der Waals surface area contributed by atoms with Crippen molar-refractivity contribution in [2.45, 2.75) is 4.83 Å². The average molecular weight is 390 g/mol. The summed E-state index contributed by atoms with van der Waals surface area (Å²) < 4.78 is 25.7. The van der Waals surface area contributed by atoms with Crippen molar-refractivity contribution in [2.24, 2.45) is 0 Å². The van der Waals surface area contributed by atoms with Gasteiger partial charge in [-0.2, -0.15) is 8.78 Å². The van der Waals surface area contributed by atoms with Gasteiger partial charge in [0.25, 0.3) is 5.91 Å². The molecule has 1 amide bonds. The Labute approximate surface area is 108 Å². The van der Waals surface area contributed by atoms with Gasteiger partial charge in [0.15, 0.2) is 0 Å². The maximum Gasteiger partial charge on any atom is 0.318 e. The monoisotopic (exact) mass is 389 g/mol. The fraction of sp³-hybridized carbons (Fsp3) is 0.222. The lowest BCUT2D eigenvalue weighted by atomic mass is 10.2. The third-order valence-electron chi connectivity index (χ3n) is 1.56. The molecule has 1 aromatic rings. The highest BCUT2D eigenvalue weighted by molar-refractivity contribution is 14.1. The lowest BCUT2D eigenvalue weighted by Crippen LogP contribution is -2.32. The molecule has 2 nitrogen and oxygen atoms in total. The molecule has 0 fully saturated rings. The van der Waals surface area contributed by atoms with Crippen molar-refractivity contribution in [1.29, 1.82) is 0 Å². The minimum atomic E-state index is -3.06. The normalized spacial score (nSPS) is 11.2. The Balaban J connectivity index is 2.58. The predicted molar refractivity (Wildman–Crippen MR) is 65.4 cm³/mol. The van der Waals surface area contributed by atoms with Gasteiger partial charge in [-0.3, -0.25) is 4.79 Å². The molecule has 15 heavy (non-hydrogen) atoms. The van der Waals surface area contributed by atoms with E-state index in [1.807, 2.05) is 0 Å². The minimum absolute atomic E-state index is 0.368. The van der Waals surface area contributed by atoms with Crippen LogP contribution in [0, 0.1) is 3.57 Å². The van der Waals surface area contributed by atoms with Gasteiger partial charge in [0, 0.05) is 9.13 Å². The Bertz CT molecular complexity index is 350. The number of halogens is 4. The van der Waals surface area contributed by atoms with Gasteiger partial charge in [-0.15, -0.1) is 0 Å². The van der Waals surface area contributed by atoms with Crippen LogP contribution in [0.15, 0.2) is 24.3 Å². The van der Waals surface area contributed by atoms with Gasteiger partial charge in [-0.05, 0) is 62.8 Å². The second kappa shape index (κ2) is 5.20. The second-order valence-electron chi connectivity index (χ2n) is 2.80. The van der Waals surface area contributed by atoms with Gasteiger partial charge in [-0.1, -0.05) is 0 Å².